The maximum absolute atomic E-state index is 11.8. The number of hydrogen-bond donors (Lipinski definition) is 1. The Kier molecular flexibility index (Phi) is 4.79. The van der Waals surface area contributed by atoms with Crippen molar-refractivity contribution in [1.82, 2.24) is 5.32 Å². The van der Waals surface area contributed by atoms with Crippen LogP contribution in [0.5, 0.6) is 0 Å². The summed E-state index contributed by atoms with van der Waals surface area (Å²) in [4.78, 5) is 13.8. The van der Waals surface area contributed by atoms with Crippen LogP contribution in [-0.2, 0) is 4.79 Å². The topological polar surface area (TPSA) is 79.9 Å². The highest BCUT2D eigenvalue weighted by Gasteiger charge is 2.25. The van der Waals surface area contributed by atoms with Gasteiger partial charge in [-0.3, -0.25) is 4.79 Å². The summed E-state index contributed by atoms with van der Waals surface area (Å²) in [5.41, 5.74) is 1.54. The van der Waals surface area contributed by atoms with E-state index in [0.717, 1.165) is 12.2 Å². The van der Waals surface area contributed by atoms with Crippen LogP contribution in [0.2, 0.25) is 0 Å². The molecule has 1 aliphatic carbocycles. The molecule has 0 aromatic heterocycles. The summed E-state index contributed by atoms with van der Waals surface area (Å²) in [6, 6.07) is 9.19. The number of carbonyl (C=O) groups excluding carboxylic acids is 1. The van der Waals surface area contributed by atoms with Crippen LogP contribution < -0.4 is 10.2 Å². The molecule has 0 saturated heterocycles. The van der Waals surface area contributed by atoms with E-state index in [0.29, 0.717) is 23.6 Å². The second kappa shape index (κ2) is 6.76. The largest absolute Gasteiger partial charge is 0.362 e. The number of likely N-dealkylation sites (N-methyl/N-ethyl adjacent to an activating group) is 1. The number of rotatable bonds is 6. The minimum absolute atomic E-state index is 0.0268. The van der Waals surface area contributed by atoms with Gasteiger partial charge >= 0.3 is 0 Å². The van der Waals surface area contributed by atoms with E-state index in [1.807, 2.05) is 24.0 Å². The first kappa shape index (κ1) is 14.9. The molecule has 0 atom stereocenters. The molecule has 1 aromatic rings. The van der Waals surface area contributed by atoms with Crippen molar-refractivity contribution in [3.63, 3.8) is 0 Å². The van der Waals surface area contributed by atoms with E-state index in [-0.39, 0.29) is 12.5 Å². The van der Waals surface area contributed by atoms with Gasteiger partial charge in [-0.1, -0.05) is 0 Å². The highest BCUT2D eigenvalue weighted by atomic mass is 16.2. The number of carbonyl (C=O) groups is 1. The Hall–Kier alpha value is -2.53. The Morgan fingerprint density at radius 1 is 1.33 bits per heavy atom. The third-order valence-corrected chi connectivity index (χ3v) is 3.49. The van der Waals surface area contributed by atoms with Gasteiger partial charge in [0.15, 0.2) is 0 Å². The molecule has 1 aliphatic rings. The molecule has 1 amide bonds. The van der Waals surface area contributed by atoms with Crippen molar-refractivity contribution in [2.75, 3.05) is 24.5 Å². The fraction of sp³-hybridized carbons (Fsp3) is 0.438. The Balaban J connectivity index is 2.21. The van der Waals surface area contributed by atoms with Gasteiger partial charge in [-0.05, 0) is 43.9 Å². The van der Waals surface area contributed by atoms with Gasteiger partial charge in [-0.15, -0.1) is 0 Å². The van der Waals surface area contributed by atoms with Gasteiger partial charge in [0.25, 0.3) is 0 Å². The van der Waals surface area contributed by atoms with E-state index in [1.54, 1.807) is 18.2 Å². The lowest BCUT2D eigenvalue weighted by Crippen LogP contribution is -2.38. The second-order valence-corrected chi connectivity index (χ2v) is 5.23. The van der Waals surface area contributed by atoms with Crippen molar-refractivity contribution in [2.45, 2.75) is 19.8 Å². The SMILES string of the molecule is CCNC(=O)CN(CC1CC1)c1ccc(C#N)c(C#N)c1. The van der Waals surface area contributed by atoms with Crippen LogP contribution in [0.4, 0.5) is 5.69 Å². The lowest BCUT2D eigenvalue weighted by molar-refractivity contribution is -0.119. The fourth-order valence-electron chi connectivity index (χ4n) is 2.22. The molecule has 0 spiro atoms. The van der Waals surface area contributed by atoms with E-state index >= 15 is 0 Å². The van der Waals surface area contributed by atoms with Crippen molar-refractivity contribution in [2.24, 2.45) is 5.92 Å². The molecule has 1 fully saturated rings. The zero-order valence-corrected chi connectivity index (χ0v) is 12.1. The molecule has 1 saturated carbocycles. The molecular weight excluding hydrogens is 264 g/mol. The van der Waals surface area contributed by atoms with Crippen LogP contribution >= 0.6 is 0 Å². The Morgan fingerprint density at radius 2 is 2.05 bits per heavy atom. The number of nitrogens with one attached hydrogen (secondary N) is 1. The van der Waals surface area contributed by atoms with E-state index < -0.39 is 0 Å². The molecule has 1 N–H and O–H groups in total. The Bertz CT molecular complexity index is 608. The van der Waals surface area contributed by atoms with Crippen molar-refractivity contribution >= 4 is 11.6 Å². The highest BCUT2D eigenvalue weighted by Crippen LogP contribution is 2.31. The lowest BCUT2D eigenvalue weighted by atomic mass is 10.1. The molecule has 0 bridgehead atoms. The number of benzene rings is 1. The Labute approximate surface area is 124 Å². The summed E-state index contributed by atoms with van der Waals surface area (Å²) in [5, 5.41) is 20.9. The summed E-state index contributed by atoms with van der Waals surface area (Å²) < 4.78 is 0. The van der Waals surface area contributed by atoms with Crippen molar-refractivity contribution in [1.29, 1.82) is 10.5 Å². The molecule has 2 rings (SSSR count). The van der Waals surface area contributed by atoms with Crippen LogP contribution in [-0.4, -0.2) is 25.5 Å². The Morgan fingerprint density at radius 3 is 2.62 bits per heavy atom. The molecule has 1 aromatic carbocycles. The molecule has 108 valence electrons. The number of amides is 1. The smallest absolute Gasteiger partial charge is 0.239 e. The molecular formula is C16H18N4O. The van der Waals surface area contributed by atoms with E-state index in [9.17, 15) is 4.79 Å². The summed E-state index contributed by atoms with van der Waals surface area (Å²) in [7, 11) is 0. The molecule has 0 unspecified atom stereocenters. The minimum atomic E-state index is -0.0268. The normalized spacial score (nSPS) is 13.1. The average Bonchev–Trinajstić information content (AvgIpc) is 3.30. The van der Waals surface area contributed by atoms with Gasteiger partial charge in [0.1, 0.15) is 12.1 Å². The lowest BCUT2D eigenvalue weighted by Gasteiger charge is -2.24. The molecule has 5 nitrogen and oxygen atoms in total. The van der Waals surface area contributed by atoms with Crippen LogP contribution in [0, 0.1) is 28.6 Å². The maximum atomic E-state index is 11.8. The van der Waals surface area contributed by atoms with Crippen LogP contribution in [0.1, 0.15) is 30.9 Å². The first-order chi connectivity index (χ1) is 10.2. The van der Waals surface area contributed by atoms with Gasteiger partial charge in [-0.25, -0.2) is 0 Å². The van der Waals surface area contributed by atoms with Gasteiger partial charge in [-0.2, -0.15) is 10.5 Å². The zero-order valence-electron chi connectivity index (χ0n) is 12.1. The summed E-state index contributed by atoms with van der Waals surface area (Å²) >= 11 is 0. The third kappa shape index (κ3) is 3.97. The molecule has 0 aliphatic heterocycles. The molecule has 5 heteroatoms. The van der Waals surface area contributed by atoms with Gasteiger partial charge in [0.2, 0.25) is 5.91 Å². The number of anilines is 1. The molecule has 0 heterocycles. The highest BCUT2D eigenvalue weighted by molar-refractivity contribution is 5.81. The minimum Gasteiger partial charge on any atom is -0.362 e. The maximum Gasteiger partial charge on any atom is 0.239 e. The number of nitrogens with zero attached hydrogens (tertiary/aromatic N) is 3. The third-order valence-electron chi connectivity index (χ3n) is 3.49. The van der Waals surface area contributed by atoms with Crippen molar-refractivity contribution in [3.05, 3.63) is 29.3 Å². The monoisotopic (exact) mass is 282 g/mol. The van der Waals surface area contributed by atoms with Crippen molar-refractivity contribution < 1.29 is 4.79 Å². The first-order valence-corrected chi connectivity index (χ1v) is 7.13. The fourth-order valence-corrected chi connectivity index (χ4v) is 2.22. The number of hydrogen-bond acceptors (Lipinski definition) is 4. The average molecular weight is 282 g/mol. The van der Waals surface area contributed by atoms with Crippen LogP contribution in [0.25, 0.3) is 0 Å². The predicted molar refractivity (Wildman–Crippen MR) is 79.5 cm³/mol. The second-order valence-electron chi connectivity index (χ2n) is 5.23. The quantitative estimate of drug-likeness (QED) is 0.862. The van der Waals surface area contributed by atoms with Crippen molar-refractivity contribution in [3.8, 4) is 12.1 Å². The summed E-state index contributed by atoms with van der Waals surface area (Å²) in [6.07, 6.45) is 2.38. The van der Waals surface area contributed by atoms with Gasteiger partial charge in [0.05, 0.1) is 17.7 Å². The molecule has 0 radical (unpaired) electrons. The zero-order chi connectivity index (χ0) is 15.2. The summed E-state index contributed by atoms with van der Waals surface area (Å²) in [5.74, 6) is 0.599. The van der Waals surface area contributed by atoms with Crippen LogP contribution in [0.3, 0.4) is 0 Å². The van der Waals surface area contributed by atoms with Gasteiger partial charge in [0, 0.05) is 18.8 Å². The van der Waals surface area contributed by atoms with Crippen LogP contribution in [0.15, 0.2) is 18.2 Å². The number of nitriles is 2. The first-order valence-electron chi connectivity index (χ1n) is 7.13. The summed E-state index contributed by atoms with van der Waals surface area (Å²) in [6.45, 7) is 3.58. The predicted octanol–water partition coefficient (Wildman–Crippen LogP) is 1.78. The van der Waals surface area contributed by atoms with E-state index in [4.69, 9.17) is 10.5 Å². The molecule has 21 heavy (non-hydrogen) atoms. The van der Waals surface area contributed by atoms with E-state index in [1.165, 1.54) is 12.8 Å². The standard InChI is InChI=1S/C16H18N4O/c1-2-19-16(21)11-20(10-12-3-4-12)15-6-5-13(8-17)14(7-15)9-18/h5-7,12H,2-4,10-11H2,1H3,(H,19,21). The van der Waals surface area contributed by atoms with Gasteiger partial charge < -0.3 is 10.2 Å². The van der Waals surface area contributed by atoms with E-state index in [2.05, 4.69) is 5.32 Å².